The normalized spacial score (nSPS) is 12.6. The lowest BCUT2D eigenvalue weighted by Gasteiger charge is -2.32. The molecule has 0 aromatic heterocycles. The van der Waals surface area contributed by atoms with Crippen LogP contribution >= 0.6 is 13.5 Å². The highest BCUT2D eigenvalue weighted by Gasteiger charge is 2.52. The van der Waals surface area contributed by atoms with Gasteiger partial charge in [0.1, 0.15) is 0 Å². The van der Waals surface area contributed by atoms with Gasteiger partial charge in [0.25, 0.3) is 0 Å². The largest absolute Gasteiger partial charge is 0.310 e. The van der Waals surface area contributed by atoms with Crippen LogP contribution in [0.25, 0.3) is 43.8 Å². The Morgan fingerprint density at radius 3 is 1.72 bits per heavy atom. The van der Waals surface area contributed by atoms with Crippen molar-refractivity contribution in [1.82, 2.24) is 0 Å². The van der Waals surface area contributed by atoms with Crippen molar-refractivity contribution in [3.05, 3.63) is 211 Å². The molecule has 10 rings (SSSR count). The molecule has 0 fully saturated rings. The zero-order valence-corrected chi connectivity index (χ0v) is 29.0. The SMILES string of the molecule is C=CC.S.c1ccc(N(c2ccc3c(c2)C2(c4ccccc4-c4ccccc42)c2ccc4ccccc4c2-3)c2cccc3ccccc23)cc1. The van der Waals surface area contributed by atoms with Crippen LogP contribution in [0.15, 0.2) is 189 Å². The van der Waals surface area contributed by atoms with Gasteiger partial charge in [-0.3, -0.25) is 0 Å². The highest BCUT2D eigenvalue weighted by molar-refractivity contribution is 7.59. The van der Waals surface area contributed by atoms with Gasteiger partial charge in [0.2, 0.25) is 0 Å². The van der Waals surface area contributed by atoms with Crippen molar-refractivity contribution in [1.29, 1.82) is 0 Å². The average molecular weight is 660 g/mol. The number of fused-ring (bicyclic) bond motifs is 13. The number of anilines is 3. The average Bonchev–Trinajstić information content (AvgIpc) is 3.63. The second kappa shape index (κ2) is 12.6. The maximum atomic E-state index is 3.36. The van der Waals surface area contributed by atoms with E-state index in [2.05, 4.69) is 187 Å². The van der Waals surface area contributed by atoms with Crippen LogP contribution in [-0.2, 0) is 5.41 Å². The summed E-state index contributed by atoms with van der Waals surface area (Å²) in [6.45, 7) is 5.25. The van der Waals surface area contributed by atoms with Gasteiger partial charge in [-0.2, -0.15) is 13.5 Å². The van der Waals surface area contributed by atoms with Crippen molar-refractivity contribution in [3.8, 4) is 22.3 Å². The third-order valence-electron chi connectivity index (χ3n) is 10.2. The molecule has 0 N–H and O–H groups in total. The van der Waals surface area contributed by atoms with E-state index in [1.807, 2.05) is 6.92 Å². The number of hydrogen-bond donors (Lipinski definition) is 0. The smallest absolute Gasteiger partial charge is 0.0726 e. The second-order valence-electron chi connectivity index (χ2n) is 12.9. The van der Waals surface area contributed by atoms with E-state index >= 15 is 0 Å². The number of nitrogens with zero attached hydrogens (tertiary/aromatic N) is 1. The van der Waals surface area contributed by atoms with Crippen molar-refractivity contribution in [2.75, 3.05) is 4.90 Å². The Kier molecular flexibility index (Phi) is 7.90. The van der Waals surface area contributed by atoms with Gasteiger partial charge in [0.05, 0.1) is 11.1 Å². The fourth-order valence-electron chi connectivity index (χ4n) is 8.44. The lowest BCUT2D eigenvalue weighted by Crippen LogP contribution is -2.26. The third-order valence-corrected chi connectivity index (χ3v) is 10.2. The first-order valence-corrected chi connectivity index (χ1v) is 17.0. The topological polar surface area (TPSA) is 3.24 Å². The van der Waals surface area contributed by atoms with Crippen LogP contribution in [-0.4, -0.2) is 0 Å². The number of benzene rings is 8. The molecule has 0 radical (unpaired) electrons. The lowest BCUT2D eigenvalue weighted by atomic mass is 9.70. The minimum Gasteiger partial charge on any atom is -0.310 e. The van der Waals surface area contributed by atoms with E-state index in [1.54, 1.807) is 6.08 Å². The van der Waals surface area contributed by atoms with E-state index in [4.69, 9.17) is 0 Å². The molecule has 0 aliphatic heterocycles. The summed E-state index contributed by atoms with van der Waals surface area (Å²) in [6, 6.07) is 65.0. The van der Waals surface area contributed by atoms with Gasteiger partial charge in [0.15, 0.2) is 0 Å². The van der Waals surface area contributed by atoms with Gasteiger partial charge < -0.3 is 4.90 Å². The van der Waals surface area contributed by atoms with Gasteiger partial charge >= 0.3 is 0 Å². The molecule has 0 amide bonds. The zero-order valence-electron chi connectivity index (χ0n) is 28.0. The first kappa shape index (κ1) is 31.4. The first-order valence-electron chi connectivity index (χ1n) is 17.0. The molecule has 1 nitrogen and oxygen atoms in total. The Morgan fingerprint density at radius 1 is 0.460 bits per heavy atom. The molecule has 0 atom stereocenters. The predicted octanol–water partition coefficient (Wildman–Crippen LogP) is 13.1. The van der Waals surface area contributed by atoms with Gasteiger partial charge in [-0.15, -0.1) is 6.58 Å². The van der Waals surface area contributed by atoms with E-state index in [0.717, 1.165) is 11.4 Å². The van der Waals surface area contributed by atoms with Crippen LogP contribution in [0.1, 0.15) is 29.2 Å². The van der Waals surface area contributed by atoms with Crippen LogP contribution in [0.3, 0.4) is 0 Å². The second-order valence-corrected chi connectivity index (χ2v) is 12.9. The summed E-state index contributed by atoms with van der Waals surface area (Å²) < 4.78 is 0. The molecule has 240 valence electrons. The summed E-state index contributed by atoms with van der Waals surface area (Å²) in [7, 11) is 0. The monoisotopic (exact) mass is 659 g/mol. The quantitative estimate of drug-likeness (QED) is 0.171. The highest BCUT2D eigenvalue weighted by Crippen LogP contribution is 2.64. The molecule has 8 aromatic carbocycles. The van der Waals surface area contributed by atoms with Crippen LogP contribution < -0.4 is 4.90 Å². The molecule has 2 heteroatoms. The van der Waals surface area contributed by atoms with E-state index in [1.165, 1.54) is 71.7 Å². The molecule has 0 bridgehead atoms. The Hall–Kier alpha value is -5.83. The summed E-state index contributed by atoms with van der Waals surface area (Å²) in [4.78, 5) is 2.43. The summed E-state index contributed by atoms with van der Waals surface area (Å²) in [5.41, 5.74) is 13.8. The lowest BCUT2D eigenvalue weighted by molar-refractivity contribution is 0.794. The maximum absolute atomic E-state index is 3.36. The van der Waals surface area contributed by atoms with Crippen molar-refractivity contribution in [2.24, 2.45) is 0 Å². The summed E-state index contributed by atoms with van der Waals surface area (Å²) in [5, 5.41) is 5.04. The number of rotatable bonds is 3. The van der Waals surface area contributed by atoms with Gasteiger partial charge in [-0.05, 0) is 97.9 Å². The van der Waals surface area contributed by atoms with Crippen molar-refractivity contribution >= 4 is 52.1 Å². The summed E-state index contributed by atoms with van der Waals surface area (Å²) >= 11 is 0. The first-order chi connectivity index (χ1) is 24.3. The Labute approximate surface area is 301 Å². The molecule has 0 saturated carbocycles. The van der Waals surface area contributed by atoms with Crippen molar-refractivity contribution < 1.29 is 0 Å². The Morgan fingerprint density at radius 2 is 1.02 bits per heavy atom. The molecule has 0 saturated heterocycles. The van der Waals surface area contributed by atoms with Crippen LogP contribution in [0.5, 0.6) is 0 Å². The molecule has 50 heavy (non-hydrogen) atoms. The molecule has 1 spiro atoms. The fourth-order valence-corrected chi connectivity index (χ4v) is 8.44. The van der Waals surface area contributed by atoms with Crippen LogP contribution in [0, 0.1) is 0 Å². The third kappa shape index (κ3) is 4.49. The van der Waals surface area contributed by atoms with E-state index in [-0.39, 0.29) is 13.5 Å². The van der Waals surface area contributed by atoms with E-state index in [0.29, 0.717) is 0 Å². The number of allylic oxidation sites excluding steroid dienone is 1. The fraction of sp³-hybridized carbons (Fsp3) is 0.0417. The van der Waals surface area contributed by atoms with E-state index in [9.17, 15) is 0 Å². The molecule has 0 heterocycles. The van der Waals surface area contributed by atoms with Gasteiger partial charge in [0, 0.05) is 16.8 Å². The molecular formula is C48H37NS. The maximum Gasteiger partial charge on any atom is 0.0726 e. The van der Waals surface area contributed by atoms with Crippen LogP contribution in [0.4, 0.5) is 17.1 Å². The minimum absolute atomic E-state index is 0. The van der Waals surface area contributed by atoms with Crippen molar-refractivity contribution in [2.45, 2.75) is 12.3 Å². The van der Waals surface area contributed by atoms with Crippen LogP contribution in [0.2, 0.25) is 0 Å². The standard InChI is InChI=1S/C45H29N.C3H6.H2S/c1-2-16-32(17-3-1)46(43-24-12-15-30-13-4-6-18-34(30)43)33-26-27-38-42(29-33)45(41-28-25-31-14-5-7-19-35(31)44(38)41)39-22-10-8-20-36(39)37-21-9-11-23-40(37)45;1-3-2;/h1-29H;3H,1H2,2H3;1H2. The number of para-hydroxylation sites is 1. The zero-order chi connectivity index (χ0) is 33.0. The molecule has 2 aliphatic rings. The van der Waals surface area contributed by atoms with Crippen molar-refractivity contribution in [3.63, 3.8) is 0 Å². The number of hydrogen-bond acceptors (Lipinski definition) is 1. The molecule has 2 aliphatic carbocycles. The molecule has 0 unspecified atom stereocenters. The highest BCUT2D eigenvalue weighted by atomic mass is 32.1. The predicted molar refractivity (Wildman–Crippen MR) is 219 cm³/mol. The summed E-state index contributed by atoms with van der Waals surface area (Å²) in [6.07, 6.45) is 1.75. The van der Waals surface area contributed by atoms with Gasteiger partial charge in [-0.1, -0.05) is 152 Å². The Bertz CT molecular complexity index is 2500. The minimum atomic E-state index is -0.418. The van der Waals surface area contributed by atoms with Gasteiger partial charge in [-0.25, -0.2) is 0 Å². The van der Waals surface area contributed by atoms with E-state index < -0.39 is 5.41 Å². The Balaban J connectivity index is 0.000000874. The molecular weight excluding hydrogens is 623 g/mol. The molecule has 8 aromatic rings. The summed E-state index contributed by atoms with van der Waals surface area (Å²) in [5.74, 6) is 0.